The third-order valence-corrected chi connectivity index (χ3v) is 4.34. The van der Waals surface area contributed by atoms with Gasteiger partial charge in [-0.25, -0.2) is 0 Å². The van der Waals surface area contributed by atoms with Gasteiger partial charge in [-0.05, 0) is 13.8 Å². The summed E-state index contributed by atoms with van der Waals surface area (Å²) in [6.07, 6.45) is 0. The molecule has 1 aromatic rings. The van der Waals surface area contributed by atoms with Gasteiger partial charge in [-0.3, -0.25) is 9.48 Å². The van der Waals surface area contributed by atoms with E-state index in [4.69, 9.17) is 5.73 Å². The van der Waals surface area contributed by atoms with E-state index in [1.54, 1.807) is 4.68 Å². The van der Waals surface area contributed by atoms with E-state index in [2.05, 4.69) is 12.0 Å². The lowest BCUT2D eigenvalue weighted by molar-refractivity contribution is 0.0752. The number of carbonyl (C=O) groups is 1. The first-order valence-corrected chi connectivity index (χ1v) is 7.33. The van der Waals surface area contributed by atoms with E-state index in [0.717, 1.165) is 24.5 Å². The molecular weight excluding hydrogens is 248 g/mol. The van der Waals surface area contributed by atoms with Crippen LogP contribution in [0.2, 0.25) is 0 Å². The Bertz CT molecular complexity index is 457. The average Bonchev–Trinajstić information content (AvgIpc) is 2.64. The topological polar surface area (TPSA) is 64.2 Å². The highest BCUT2D eigenvalue weighted by Crippen LogP contribution is 2.23. The van der Waals surface area contributed by atoms with Crippen LogP contribution in [0.5, 0.6) is 0 Å². The minimum atomic E-state index is 0.0158. The van der Waals surface area contributed by atoms with Crippen molar-refractivity contribution in [2.24, 2.45) is 0 Å². The molecule has 1 aliphatic heterocycles. The van der Waals surface area contributed by atoms with Crippen LogP contribution in [-0.4, -0.2) is 44.7 Å². The van der Waals surface area contributed by atoms with Gasteiger partial charge in [0.25, 0.3) is 5.91 Å². The first-order chi connectivity index (χ1) is 8.54. The molecule has 100 valence electrons. The number of nitrogen functional groups attached to an aromatic ring is 1. The Morgan fingerprint density at radius 1 is 1.61 bits per heavy atom. The van der Waals surface area contributed by atoms with Crippen LogP contribution in [0.1, 0.15) is 30.0 Å². The molecule has 5 nitrogen and oxygen atoms in total. The van der Waals surface area contributed by atoms with Crippen molar-refractivity contribution < 1.29 is 4.79 Å². The molecule has 0 aromatic carbocycles. The van der Waals surface area contributed by atoms with Gasteiger partial charge >= 0.3 is 0 Å². The molecule has 1 unspecified atom stereocenters. The smallest absolute Gasteiger partial charge is 0.274 e. The molecule has 2 rings (SSSR count). The largest absolute Gasteiger partial charge is 0.395 e. The highest BCUT2D eigenvalue weighted by Gasteiger charge is 2.27. The normalized spacial score (nSPS) is 20.2. The number of hydrogen-bond donors (Lipinski definition) is 1. The molecule has 18 heavy (non-hydrogen) atoms. The van der Waals surface area contributed by atoms with Gasteiger partial charge < -0.3 is 10.6 Å². The van der Waals surface area contributed by atoms with Crippen molar-refractivity contribution >= 4 is 23.4 Å². The number of nitrogens with zero attached hydrogens (tertiary/aromatic N) is 3. The molecular formula is C12H20N4OS. The van der Waals surface area contributed by atoms with E-state index >= 15 is 0 Å². The summed E-state index contributed by atoms with van der Waals surface area (Å²) in [5.74, 6) is 1.01. The van der Waals surface area contributed by atoms with E-state index in [0.29, 0.717) is 23.2 Å². The molecule has 1 saturated heterocycles. The van der Waals surface area contributed by atoms with Gasteiger partial charge in [0.1, 0.15) is 5.69 Å². The van der Waals surface area contributed by atoms with Crippen LogP contribution in [-0.2, 0) is 6.54 Å². The van der Waals surface area contributed by atoms with Crippen molar-refractivity contribution in [3.63, 3.8) is 0 Å². The third-order valence-electron chi connectivity index (χ3n) is 3.20. The lowest BCUT2D eigenvalue weighted by Crippen LogP contribution is -2.42. The summed E-state index contributed by atoms with van der Waals surface area (Å²) in [6, 6.07) is 0. The Morgan fingerprint density at radius 2 is 2.33 bits per heavy atom. The molecule has 1 aromatic heterocycles. The molecule has 1 amide bonds. The zero-order chi connectivity index (χ0) is 13.3. The predicted octanol–water partition coefficient (Wildman–Crippen LogP) is 1.37. The van der Waals surface area contributed by atoms with Gasteiger partial charge in [0.05, 0.1) is 11.4 Å². The van der Waals surface area contributed by atoms with Crippen LogP contribution >= 0.6 is 11.8 Å². The highest BCUT2D eigenvalue weighted by molar-refractivity contribution is 7.99. The van der Waals surface area contributed by atoms with Gasteiger partial charge in [-0.15, -0.1) is 0 Å². The maximum Gasteiger partial charge on any atom is 0.274 e. The summed E-state index contributed by atoms with van der Waals surface area (Å²) >= 11 is 1.91. The van der Waals surface area contributed by atoms with Gasteiger partial charge in [-0.1, -0.05) is 6.92 Å². The van der Waals surface area contributed by atoms with Crippen LogP contribution in [0.3, 0.4) is 0 Å². The first kappa shape index (κ1) is 13.3. The second kappa shape index (κ2) is 5.22. The Kier molecular flexibility index (Phi) is 3.85. The van der Waals surface area contributed by atoms with Crippen molar-refractivity contribution in [1.29, 1.82) is 0 Å². The summed E-state index contributed by atoms with van der Waals surface area (Å²) in [6.45, 7) is 8.20. The van der Waals surface area contributed by atoms with E-state index in [1.807, 2.05) is 30.5 Å². The average molecular weight is 268 g/mol. The van der Waals surface area contributed by atoms with Crippen molar-refractivity contribution in [2.75, 3.05) is 24.6 Å². The molecule has 1 aliphatic rings. The quantitative estimate of drug-likeness (QED) is 0.880. The van der Waals surface area contributed by atoms with E-state index in [9.17, 15) is 4.79 Å². The molecule has 0 saturated carbocycles. The summed E-state index contributed by atoms with van der Waals surface area (Å²) < 4.78 is 1.71. The van der Waals surface area contributed by atoms with Crippen molar-refractivity contribution in [1.82, 2.24) is 14.7 Å². The van der Waals surface area contributed by atoms with E-state index < -0.39 is 0 Å². The lowest BCUT2D eigenvalue weighted by atomic mass is 10.2. The van der Waals surface area contributed by atoms with Crippen molar-refractivity contribution in [3.05, 3.63) is 11.4 Å². The van der Waals surface area contributed by atoms with Crippen LogP contribution in [0.25, 0.3) is 0 Å². The maximum absolute atomic E-state index is 12.5. The molecule has 0 radical (unpaired) electrons. The fourth-order valence-electron chi connectivity index (χ4n) is 2.20. The van der Waals surface area contributed by atoms with Crippen LogP contribution in [0.15, 0.2) is 0 Å². The Morgan fingerprint density at radius 3 is 2.94 bits per heavy atom. The summed E-state index contributed by atoms with van der Waals surface area (Å²) in [5.41, 5.74) is 7.79. The minimum Gasteiger partial charge on any atom is -0.395 e. The second-order valence-corrected chi connectivity index (χ2v) is 6.14. The van der Waals surface area contributed by atoms with E-state index in [-0.39, 0.29) is 5.91 Å². The zero-order valence-corrected chi connectivity index (χ0v) is 12.0. The minimum absolute atomic E-state index is 0.0158. The zero-order valence-electron chi connectivity index (χ0n) is 11.1. The Labute approximate surface area is 112 Å². The van der Waals surface area contributed by atoms with Gasteiger partial charge in [-0.2, -0.15) is 16.9 Å². The number of aryl methyl sites for hydroxylation is 2. The van der Waals surface area contributed by atoms with Crippen molar-refractivity contribution in [3.8, 4) is 0 Å². The fraction of sp³-hybridized carbons (Fsp3) is 0.667. The molecule has 0 bridgehead atoms. The van der Waals surface area contributed by atoms with Gasteiger partial charge in [0.15, 0.2) is 0 Å². The molecule has 1 atom stereocenters. The summed E-state index contributed by atoms with van der Waals surface area (Å²) in [4.78, 5) is 14.4. The summed E-state index contributed by atoms with van der Waals surface area (Å²) in [7, 11) is 0. The first-order valence-electron chi connectivity index (χ1n) is 6.28. The standard InChI is InChI=1S/C12H20N4OS/c1-4-16-11(10(13)9(3)14-16)12(17)15-5-6-18-8(2)7-15/h8H,4-7,13H2,1-3H3. The second-order valence-electron chi connectivity index (χ2n) is 4.60. The number of carbonyl (C=O) groups excluding carboxylic acids is 1. The van der Waals surface area contributed by atoms with Gasteiger partial charge in [0.2, 0.25) is 0 Å². The number of hydrogen-bond acceptors (Lipinski definition) is 4. The molecule has 0 aliphatic carbocycles. The Hall–Kier alpha value is -1.17. The number of thioether (sulfide) groups is 1. The monoisotopic (exact) mass is 268 g/mol. The predicted molar refractivity (Wildman–Crippen MR) is 74.9 cm³/mol. The molecule has 1 fully saturated rings. The Balaban J connectivity index is 2.27. The van der Waals surface area contributed by atoms with Crippen LogP contribution < -0.4 is 5.73 Å². The van der Waals surface area contributed by atoms with Gasteiger partial charge in [0, 0.05) is 30.6 Å². The number of nitrogens with two attached hydrogens (primary N) is 1. The molecule has 2 N–H and O–H groups in total. The molecule has 0 spiro atoms. The number of aromatic nitrogens is 2. The van der Waals surface area contributed by atoms with Crippen LogP contribution in [0, 0.1) is 6.92 Å². The summed E-state index contributed by atoms with van der Waals surface area (Å²) in [5, 5.41) is 4.79. The number of amides is 1. The fourth-order valence-corrected chi connectivity index (χ4v) is 3.22. The van der Waals surface area contributed by atoms with Crippen LogP contribution in [0.4, 0.5) is 5.69 Å². The van der Waals surface area contributed by atoms with E-state index in [1.165, 1.54) is 0 Å². The highest BCUT2D eigenvalue weighted by atomic mass is 32.2. The number of anilines is 1. The molecule has 6 heteroatoms. The SMILES string of the molecule is CCn1nc(C)c(N)c1C(=O)N1CCSC(C)C1. The maximum atomic E-state index is 12.5. The lowest BCUT2D eigenvalue weighted by Gasteiger charge is -2.30. The number of rotatable bonds is 2. The van der Waals surface area contributed by atoms with Crippen molar-refractivity contribution in [2.45, 2.75) is 32.6 Å². The molecule has 2 heterocycles. The third kappa shape index (κ3) is 2.34.